The van der Waals surface area contributed by atoms with Gasteiger partial charge in [-0.15, -0.1) is 0 Å². The molecule has 1 aromatic rings. The minimum atomic E-state index is 0.601. The second-order valence-electron chi connectivity index (χ2n) is 6.93. The average molecular weight is 363 g/mol. The quantitative estimate of drug-likeness (QED) is 0.494. The summed E-state index contributed by atoms with van der Waals surface area (Å²) in [7, 11) is 5.12. The van der Waals surface area contributed by atoms with E-state index in [0.29, 0.717) is 6.04 Å². The summed E-state index contributed by atoms with van der Waals surface area (Å²) in [4.78, 5) is 6.89. The van der Waals surface area contributed by atoms with Crippen molar-refractivity contribution < 1.29 is 9.47 Å². The van der Waals surface area contributed by atoms with Gasteiger partial charge in [-0.2, -0.15) is 0 Å². The van der Waals surface area contributed by atoms with Crippen molar-refractivity contribution in [1.82, 2.24) is 15.5 Å². The molecule has 0 unspecified atom stereocenters. The van der Waals surface area contributed by atoms with Crippen molar-refractivity contribution in [3.05, 3.63) is 23.8 Å². The fraction of sp³-hybridized carbons (Fsp3) is 0.650. The Bertz CT molecular complexity index is 583. The van der Waals surface area contributed by atoms with Crippen LogP contribution in [0, 0.1) is 0 Å². The fourth-order valence-electron chi connectivity index (χ4n) is 3.15. The third-order valence-electron chi connectivity index (χ3n) is 4.72. The van der Waals surface area contributed by atoms with Gasteiger partial charge in [0.15, 0.2) is 17.5 Å². The van der Waals surface area contributed by atoms with Crippen LogP contribution in [0.5, 0.6) is 11.5 Å². The lowest BCUT2D eigenvalue weighted by Crippen LogP contribution is -2.44. The van der Waals surface area contributed by atoms with Crippen LogP contribution in [0.3, 0.4) is 0 Å². The molecule has 1 aromatic carbocycles. The number of aliphatic imine (C=N–C) groups is 1. The topological polar surface area (TPSA) is 58.1 Å². The maximum absolute atomic E-state index is 5.36. The van der Waals surface area contributed by atoms with E-state index in [-0.39, 0.29) is 0 Å². The molecule has 0 aromatic heterocycles. The van der Waals surface area contributed by atoms with Crippen LogP contribution in [0.2, 0.25) is 0 Å². The summed E-state index contributed by atoms with van der Waals surface area (Å²) < 4.78 is 10.6. The molecule has 0 spiro atoms. The Morgan fingerprint density at radius 1 is 1.15 bits per heavy atom. The first kappa shape index (κ1) is 20.4. The number of hydrogen-bond donors (Lipinski definition) is 2. The molecule has 6 nitrogen and oxygen atoms in total. The monoisotopic (exact) mass is 362 g/mol. The third-order valence-corrected chi connectivity index (χ3v) is 4.72. The predicted octanol–water partition coefficient (Wildman–Crippen LogP) is 2.28. The Hall–Kier alpha value is -1.95. The molecule has 0 aliphatic heterocycles. The molecule has 0 radical (unpaired) electrons. The summed E-state index contributed by atoms with van der Waals surface area (Å²) in [5, 5.41) is 6.80. The molecule has 1 fully saturated rings. The van der Waals surface area contributed by atoms with Crippen molar-refractivity contribution in [1.29, 1.82) is 0 Å². The first-order valence-corrected chi connectivity index (χ1v) is 9.50. The van der Waals surface area contributed by atoms with Crippen LogP contribution in [0.15, 0.2) is 23.2 Å². The second kappa shape index (κ2) is 10.3. The van der Waals surface area contributed by atoms with Crippen molar-refractivity contribution in [2.45, 2.75) is 45.2 Å². The van der Waals surface area contributed by atoms with Crippen molar-refractivity contribution in [2.75, 3.05) is 40.9 Å². The number of hydrogen-bond acceptors (Lipinski definition) is 4. The summed E-state index contributed by atoms with van der Waals surface area (Å²) in [5.41, 5.74) is 1.20. The summed E-state index contributed by atoms with van der Waals surface area (Å²) in [6.45, 7) is 7.32. The molecule has 2 rings (SSSR count). The largest absolute Gasteiger partial charge is 0.493 e. The van der Waals surface area contributed by atoms with Crippen LogP contribution in [-0.4, -0.2) is 63.8 Å². The van der Waals surface area contributed by atoms with E-state index in [4.69, 9.17) is 9.47 Å². The van der Waals surface area contributed by atoms with Crippen molar-refractivity contribution in [2.24, 2.45) is 4.99 Å². The Morgan fingerprint density at radius 3 is 2.42 bits per heavy atom. The van der Waals surface area contributed by atoms with Gasteiger partial charge < -0.3 is 20.1 Å². The molecule has 146 valence electrons. The van der Waals surface area contributed by atoms with Gasteiger partial charge in [0.2, 0.25) is 0 Å². The van der Waals surface area contributed by atoms with Gasteiger partial charge in [0, 0.05) is 38.8 Å². The number of ether oxygens (including phenoxy) is 2. The van der Waals surface area contributed by atoms with Crippen molar-refractivity contribution in [3.8, 4) is 11.5 Å². The lowest BCUT2D eigenvalue weighted by Gasteiger charge is -2.26. The van der Waals surface area contributed by atoms with Gasteiger partial charge in [-0.25, -0.2) is 0 Å². The van der Waals surface area contributed by atoms with E-state index >= 15 is 0 Å². The molecule has 26 heavy (non-hydrogen) atoms. The molecular weight excluding hydrogens is 328 g/mol. The van der Waals surface area contributed by atoms with Crippen LogP contribution in [0.25, 0.3) is 0 Å². The highest BCUT2D eigenvalue weighted by molar-refractivity contribution is 5.79. The Balaban J connectivity index is 1.73. The zero-order valence-corrected chi connectivity index (χ0v) is 16.8. The standard InChI is InChI=1S/C20H34N4O2/c1-15(2)24(17-7-8-17)13-12-23-20(21-3)22-11-10-16-6-9-18(25-4)19(14-16)26-5/h6,9,14-15,17H,7-8,10-13H2,1-5H3,(H2,21,22,23). The summed E-state index contributed by atoms with van der Waals surface area (Å²) in [6.07, 6.45) is 3.58. The number of benzene rings is 1. The van der Waals surface area contributed by atoms with Gasteiger partial charge in [-0.1, -0.05) is 6.07 Å². The third kappa shape index (κ3) is 6.09. The SMILES string of the molecule is CN=C(NCCc1ccc(OC)c(OC)c1)NCCN(C(C)C)C1CC1. The van der Waals surface area contributed by atoms with Gasteiger partial charge in [0.25, 0.3) is 0 Å². The summed E-state index contributed by atoms with van der Waals surface area (Å²) >= 11 is 0. The van der Waals surface area contributed by atoms with E-state index in [0.717, 1.165) is 49.6 Å². The van der Waals surface area contributed by atoms with Crippen molar-refractivity contribution in [3.63, 3.8) is 0 Å². The molecule has 0 saturated heterocycles. The number of rotatable bonds is 10. The number of nitrogens with zero attached hydrogens (tertiary/aromatic N) is 2. The first-order valence-electron chi connectivity index (χ1n) is 9.50. The van der Waals surface area contributed by atoms with E-state index in [1.165, 1.54) is 18.4 Å². The highest BCUT2D eigenvalue weighted by Crippen LogP contribution is 2.28. The number of nitrogens with one attached hydrogen (secondary N) is 2. The molecule has 0 amide bonds. The van der Waals surface area contributed by atoms with Crippen LogP contribution in [0.1, 0.15) is 32.3 Å². The molecular formula is C20H34N4O2. The fourth-order valence-corrected chi connectivity index (χ4v) is 3.15. The zero-order chi connectivity index (χ0) is 18.9. The minimum Gasteiger partial charge on any atom is -0.493 e. The smallest absolute Gasteiger partial charge is 0.191 e. The molecule has 0 atom stereocenters. The first-order chi connectivity index (χ1) is 12.6. The Kier molecular flexibility index (Phi) is 8.04. The van der Waals surface area contributed by atoms with E-state index in [1.807, 2.05) is 19.2 Å². The van der Waals surface area contributed by atoms with Crippen LogP contribution in [-0.2, 0) is 6.42 Å². The van der Waals surface area contributed by atoms with Gasteiger partial charge in [-0.3, -0.25) is 9.89 Å². The van der Waals surface area contributed by atoms with Gasteiger partial charge in [-0.05, 0) is 50.8 Å². The van der Waals surface area contributed by atoms with E-state index in [2.05, 4.69) is 40.4 Å². The Labute approximate surface area is 158 Å². The molecule has 6 heteroatoms. The molecule has 2 N–H and O–H groups in total. The molecule has 0 bridgehead atoms. The minimum absolute atomic E-state index is 0.601. The lowest BCUT2D eigenvalue weighted by molar-refractivity contribution is 0.215. The zero-order valence-electron chi connectivity index (χ0n) is 16.8. The van der Waals surface area contributed by atoms with Gasteiger partial charge in [0.1, 0.15) is 0 Å². The van der Waals surface area contributed by atoms with E-state index < -0.39 is 0 Å². The second-order valence-corrected chi connectivity index (χ2v) is 6.93. The van der Waals surface area contributed by atoms with E-state index in [1.54, 1.807) is 14.2 Å². The number of methoxy groups -OCH3 is 2. The van der Waals surface area contributed by atoms with Crippen LogP contribution < -0.4 is 20.1 Å². The maximum Gasteiger partial charge on any atom is 0.191 e. The van der Waals surface area contributed by atoms with Crippen LogP contribution >= 0.6 is 0 Å². The van der Waals surface area contributed by atoms with Gasteiger partial charge in [0.05, 0.1) is 14.2 Å². The molecule has 1 aliphatic carbocycles. The summed E-state index contributed by atoms with van der Waals surface area (Å²) in [5.74, 6) is 2.37. The summed E-state index contributed by atoms with van der Waals surface area (Å²) in [6, 6.07) is 7.42. The van der Waals surface area contributed by atoms with Crippen molar-refractivity contribution >= 4 is 5.96 Å². The normalized spacial score (nSPS) is 14.7. The molecule has 0 heterocycles. The highest BCUT2D eigenvalue weighted by Gasteiger charge is 2.30. The highest BCUT2D eigenvalue weighted by atomic mass is 16.5. The lowest BCUT2D eigenvalue weighted by atomic mass is 10.1. The molecule has 1 saturated carbocycles. The maximum atomic E-state index is 5.36. The number of guanidine groups is 1. The van der Waals surface area contributed by atoms with E-state index in [9.17, 15) is 0 Å². The van der Waals surface area contributed by atoms with Gasteiger partial charge >= 0.3 is 0 Å². The Morgan fingerprint density at radius 2 is 1.85 bits per heavy atom. The predicted molar refractivity (Wildman–Crippen MR) is 107 cm³/mol. The molecule has 1 aliphatic rings. The average Bonchev–Trinajstić information content (AvgIpc) is 3.48. The van der Waals surface area contributed by atoms with Crippen LogP contribution in [0.4, 0.5) is 0 Å².